The number of ether oxygens (including phenoxy) is 1. The Kier molecular flexibility index (Phi) is 5.09. The summed E-state index contributed by atoms with van der Waals surface area (Å²) in [5, 5.41) is 0.589. The molecule has 2 heterocycles. The van der Waals surface area contributed by atoms with Crippen LogP contribution in [-0.4, -0.2) is 22.1 Å². The van der Waals surface area contributed by atoms with Gasteiger partial charge in [-0.05, 0) is 43.7 Å². The van der Waals surface area contributed by atoms with E-state index in [-0.39, 0.29) is 12.2 Å². The molecule has 6 nitrogen and oxygen atoms in total. The molecule has 0 aliphatic heterocycles. The largest absolute Gasteiger partial charge is 0.465 e. The van der Waals surface area contributed by atoms with Crippen LogP contribution in [0.2, 0.25) is 0 Å². The van der Waals surface area contributed by atoms with Crippen LogP contribution < -0.4 is 5.56 Å². The summed E-state index contributed by atoms with van der Waals surface area (Å²) < 4.78 is 11.8. The first-order valence-corrected chi connectivity index (χ1v) is 7.99. The third kappa shape index (κ3) is 4.03. The number of nitrogens with zero attached hydrogens (tertiary/aromatic N) is 2. The van der Waals surface area contributed by atoms with Crippen molar-refractivity contribution < 1.29 is 13.9 Å². The molecule has 0 unspecified atom stereocenters. The van der Waals surface area contributed by atoms with E-state index in [4.69, 9.17) is 9.15 Å². The maximum Gasteiger partial charge on any atom is 0.330 e. The van der Waals surface area contributed by atoms with Gasteiger partial charge >= 0.3 is 5.97 Å². The Morgan fingerprint density at radius 1 is 1.28 bits per heavy atom. The minimum atomic E-state index is -0.447. The number of para-hydroxylation sites is 1. The highest BCUT2D eigenvalue weighted by molar-refractivity contribution is 5.86. The number of esters is 1. The first kappa shape index (κ1) is 16.7. The minimum absolute atomic E-state index is 0.0767. The van der Waals surface area contributed by atoms with Crippen LogP contribution in [0.5, 0.6) is 0 Å². The molecule has 128 valence electrons. The molecule has 0 radical (unpaired) electrons. The maximum absolute atomic E-state index is 12.5. The molecule has 0 N–H and O–H groups in total. The summed E-state index contributed by atoms with van der Waals surface area (Å²) in [5.41, 5.74) is 0.614. The molecular weight excluding hydrogens is 320 g/mol. The molecule has 0 saturated carbocycles. The number of aromatic nitrogens is 2. The second-order valence-corrected chi connectivity index (χ2v) is 5.50. The van der Waals surface area contributed by atoms with Gasteiger partial charge in [0.2, 0.25) is 0 Å². The van der Waals surface area contributed by atoms with E-state index in [1.54, 1.807) is 35.8 Å². The number of benzene rings is 1. The Morgan fingerprint density at radius 3 is 2.92 bits per heavy atom. The molecular formula is C19H18N2O4. The van der Waals surface area contributed by atoms with Gasteiger partial charge in [-0.1, -0.05) is 12.1 Å². The normalized spacial score (nSPS) is 11.2. The Balaban J connectivity index is 1.56. The van der Waals surface area contributed by atoms with E-state index in [0.717, 1.165) is 0 Å². The lowest BCUT2D eigenvalue weighted by atomic mass is 10.2. The van der Waals surface area contributed by atoms with Crippen LogP contribution in [0.3, 0.4) is 0 Å². The highest BCUT2D eigenvalue weighted by Gasteiger charge is 2.07. The van der Waals surface area contributed by atoms with Crippen molar-refractivity contribution in [3.05, 3.63) is 70.7 Å². The van der Waals surface area contributed by atoms with Gasteiger partial charge in [-0.15, -0.1) is 0 Å². The Hall–Kier alpha value is -3.15. The van der Waals surface area contributed by atoms with Crippen molar-refractivity contribution in [2.24, 2.45) is 0 Å². The highest BCUT2D eigenvalue weighted by Crippen LogP contribution is 2.08. The predicted molar refractivity (Wildman–Crippen MR) is 94.1 cm³/mol. The SMILES string of the molecule is Cc1nc2ccccc2c(=O)n1CCCOC(=O)/C=C/c1ccco1. The van der Waals surface area contributed by atoms with E-state index >= 15 is 0 Å². The molecule has 3 aromatic rings. The fourth-order valence-electron chi connectivity index (χ4n) is 2.52. The number of hydrogen-bond acceptors (Lipinski definition) is 5. The number of fused-ring (bicyclic) bond motifs is 1. The Morgan fingerprint density at radius 2 is 2.12 bits per heavy atom. The molecule has 2 aromatic heterocycles. The Labute approximate surface area is 144 Å². The molecule has 25 heavy (non-hydrogen) atoms. The second kappa shape index (κ2) is 7.61. The van der Waals surface area contributed by atoms with E-state index in [1.807, 2.05) is 18.2 Å². The van der Waals surface area contributed by atoms with Gasteiger partial charge in [0.05, 0.1) is 23.8 Å². The monoisotopic (exact) mass is 338 g/mol. The van der Waals surface area contributed by atoms with Crippen LogP contribution in [0.4, 0.5) is 0 Å². The molecule has 0 atom stereocenters. The third-order valence-electron chi connectivity index (χ3n) is 3.75. The number of furan rings is 1. The van der Waals surface area contributed by atoms with Gasteiger partial charge in [-0.2, -0.15) is 0 Å². The van der Waals surface area contributed by atoms with Crippen LogP contribution in [0.25, 0.3) is 17.0 Å². The van der Waals surface area contributed by atoms with Crippen molar-refractivity contribution in [3.63, 3.8) is 0 Å². The molecule has 0 aliphatic carbocycles. The predicted octanol–water partition coefficient (Wildman–Crippen LogP) is 2.94. The summed E-state index contributed by atoms with van der Waals surface area (Å²) in [6, 6.07) is 10.7. The average Bonchev–Trinajstić information content (AvgIpc) is 3.12. The van der Waals surface area contributed by atoms with Gasteiger partial charge in [0.25, 0.3) is 5.56 Å². The van der Waals surface area contributed by atoms with E-state index in [1.165, 1.54) is 12.3 Å². The molecule has 0 aliphatic rings. The summed E-state index contributed by atoms with van der Waals surface area (Å²) in [6.45, 7) is 2.46. The molecule has 3 rings (SSSR count). The van der Waals surface area contributed by atoms with Gasteiger partial charge in [-0.3, -0.25) is 9.36 Å². The number of carbonyl (C=O) groups excluding carboxylic acids is 1. The van der Waals surface area contributed by atoms with Gasteiger partial charge in [0.15, 0.2) is 0 Å². The zero-order chi connectivity index (χ0) is 17.6. The summed E-state index contributed by atoms with van der Waals surface area (Å²) in [5.74, 6) is 0.784. The first-order chi connectivity index (χ1) is 12.1. The van der Waals surface area contributed by atoms with Crippen molar-refractivity contribution in [2.45, 2.75) is 19.9 Å². The van der Waals surface area contributed by atoms with E-state index in [0.29, 0.717) is 35.5 Å². The maximum atomic E-state index is 12.5. The van der Waals surface area contributed by atoms with E-state index in [2.05, 4.69) is 4.98 Å². The lowest BCUT2D eigenvalue weighted by Crippen LogP contribution is -2.24. The zero-order valence-corrected chi connectivity index (χ0v) is 13.8. The van der Waals surface area contributed by atoms with Gasteiger partial charge in [0.1, 0.15) is 11.6 Å². The van der Waals surface area contributed by atoms with Crippen LogP contribution in [0.15, 0.2) is 57.9 Å². The van der Waals surface area contributed by atoms with Crippen molar-refractivity contribution in [1.29, 1.82) is 0 Å². The standard InChI is InChI=1S/C19H18N2O4/c1-14-20-17-8-3-2-7-16(17)19(23)21(14)11-5-13-25-18(22)10-9-15-6-4-12-24-15/h2-4,6-10,12H,5,11,13H2,1H3/b10-9+. The fraction of sp³-hybridized carbons (Fsp3) is 0.211. The van der Waals surface area contributed by atoms with E-state index in [9.17, 15) is 9.59 Å². The number of aryl methyl sites for hydroxylation is 1. The fourth-order valence-corrected chi connectivity index (χ4v) is 2.52. The average molecular weight is 338 g/mol. The highest BCUT2D eigenvalue weighted by atomic mass is 16.5. The molecule has 0 bridgehead atoms. The molecule has 0 saturated heterocycles. The summed E-state index contributed by atoms with van der Waals surface area (Å²) in [4.78, 5) is 28.6. The lowest BCUT2D eigenvalue weighted by molar-refractivity contribution is -0.137. The number of rotatable bonds is 6. The molecule has 0 spiro atoms. The topological polar surface area (TPSA) is 74.3 Å². The van der Waals surface area contributed by atoms with Crippen LogP contribution in [-0.2, 0) is 16.1 Å². The number of hydrogen-bond donors (Lipinski definition) is 0. The zero-order valence-electron chi connectivity index (χ0n) is 13.8. The van der Waals surface area contributed by atoms with Gasteiger partial charge in [0, 0.05) is 12.6 Å². The molecule has 1 aromatic carbocycles. The van der Waals surface area contributed by atoms with Crippen molar-refractivity contribution in [1.82, 2.24) is 9.55 Å². The van der Waals surface area contributed by atoms with Crippen molar-refractivity contribution in [2.75, 3.05) is 6.61 Å². The van der Waals surface area contributed by atoms with Crippen LogP contribution in [0.1, 0.15) is 18.0 Å². The van der Waals surface area contributed by atoms with Crippen molar-refractivity contribution in [3.8, 4) is 0 Å². The van der Waals surface area contributed by atoms with Crippen LogP contribution in [0, 0.1) is 6.92 Å². The number of carbonyl (C=O) groups is 1. The Bertz CT molecular complexity index is 955. The minimum Gasteiger partial charge on any atom is -0.465 e. The van der Waals surface area contributed by atoms with Gasteiger partial charge in [-0.25, -0.2) is 9.78 Å². The molecule has 6 heteroatoms. The molecule has 0 amide bonds. The lowest BCUT2D eigenvalue weighted by Gasteiger charge is -2.10. The summed E-state index contributed by atoms with van der Waals surface area (Å²) in [6.07, 6.45) is 4.92. The first-order valence-electron chi connectivity index (χ1n) is 7.99. The van der Waals surface area contributed by atoms with Gasteiger partial charge < -0.3 is 9.15 Å². The summed E-state index contributed by atoms with van der Waals surface area (Å²) in [7, 11) is 0. The smallest absolute Gasteiger partial charge is 0.330 e. The molecule has 0 fully saturated rings. The third-order valence-corrected chi connectivity index (χ3v) is 3.75. The second-order valence-electron chi connectivity index (χ2n) is 5.50. The van der Waals surface area contributed by atoms with E-state index < -0.39 is 5.97 Å². The van der Waals surface area contributed by atoms with Crippen LogP contribution >= 0.6 is 0 Å². The summed E-state index contributed by atoms with van der Waals surface area (Å²) >= 11 is 0. The van der Waals surface area contributed by atoms with Crippen molar-refractivity contribution >= 4 is 22.9 Å². The quantitative estimate of drug-likeness (QED) is 0.392.